The third-order valence-corrected chi connectivity index (χ3v) is 4.75. The lowest BCUT2D eigenvalue weighted by Crippen LogP contribution is -2.60. The Morgan fingerprint density at radius 2 is 1.84 bits per heavy atom. The van der Waals surface area contributed by atoms with Crippen LogP contribution in [-0.4, -0.2) is 37.1 Å². The predicted octanol–water partition coefficient (Wildman–Crippen LogP) is 1.21. The van der Waals surface area contributed by atoms with Crippen LogP contribution in [0.4, 0.5) is 0 Å². The van der Waals surface area contributed by atoms with Gasteiger partial charge in [0.1, 0.15) is 5.75 Å². The summed E-state index contributed by atoms with van der Waals surface area (Å²) in [6, 6.07) is 7.94. The Bertz CT molecular complexity index is 456. The highest BCUT2D eigenvalue weighted by molar-refractivity contribution is 5.44. The van der Waals surface area contributed by atoms with Gasteiger partial charge in [-0.15, -0.1) is 0 Å². The first-order valence-corrected chi connectivity index (χ1v) is 6.94. The fraction of sp³-hybridized carbons (Fsp3) is 0.600. The lowest BCUT2D eigenvalue weighted by molar-refractivity contribution is -0.120. The van der Waals surface area contributed by atoms with Crippen LogP contribution in [0.3, 0.4) is 0 Å². The molecule has 4 heteroatoms. The number of rotatable bonds is 2. The van der Waals surface area contributed by atoms with Crippen molar-refractivity contribution >= 4 is 0 Å². The lowest BCUT2D eigenvalue weighted by Gasteiger charge is -2.51. The van der Waals surface area contributed by atoms with Gasteiger partial charge in [-0.1, -0.05) is 18.2 Å². The van der Waals surface area contributed by atoms with Crippen LogP contribution >= 0.6 is 0 Å². The molecule has 2 heterocycles. The van der Waals surface area contributed by atoms with Gasteiger partial charge in [0.15, 0.2) is 0 Å². The van der Waals surface area contributed by atoms with Crippen molar-refractivity contribution in [3.8, 4) is 5.75 Å². The largest absolute Gasteiger partial charge is 0.493 e. The highest BCUT2D eigenvalue weighted by Crippen LogP contribution is 2.48. The van der Waals surface area contributed by atoms with Crippen LogP contribution in [0, 0.1) is 0 Å². The van der Waals surface area contributed by atoms with E-state index in [1.807, 2.05) is 24.3 Å². The van der Waals surface area contributed by atoms with Gasteiger partial charge >= 0.3 is 0 Å². The average Bonchev–Trinajstić information content (AvgIpc) is 2.47. The fourth-order valence-electron chi connectivity index (χ4n) is 3.53. The van der Waals surface area contributed by atoms with E-state index in [-0.39, 0.29) is 0 Å². The summed E-state index contributed by atoms with van der Waals surface area (Å²) in [5.74, 6) is 0.860. The molecule has 0 saturated carbocycles. The maximum absolute atomic E-state index is 11.2. The summed E-state index contributed by atoms with van der Waals surface area (Å²) in [6.45, 7) is 2.24. The molecule has 1 aromatic rings. The molecule has 2 aliphatic heterocycles. The molecule has 0 bridgehead atoms. The highest BCUT2D eigenvalue weighted by Gasteiger charge is 2.53. The van der Waals surface area contributed by atoms with Crippen LogP contribution in [0.2, 0.25) is 0 Å². The van der Waals surface area contributed by atoms with Gasteiger partial charge in [-0.3, -0.25) is 0 Å². The Balaban J connectivity index is 2.09. The molecule has 1 atom stereocenters. The van der Waals surface area contributed by atoms with Gasteiger partial charge in [0.25, 0.3) is 0 Å². The normalized spacial score (nSPS) is 29.4. The topological polar surface area (TPSA) is 64.7 Å². The van der Waals surface area contributed by atoms with E-state index in [4.69, 9.17) is 15.2 Å². The van der Waals surface area contributed by atoms with Crippen LogP contribution in [0.1, 0.15) is 24.8 Å². The first-order chi connectivity index (χ1) is 9.22. The van der Waals surface area contributed by atoms with Crippen molar-refractivity contribution < 1.29 is 14.6 Å². The smallest absolute Gasteiger partial charge is 0.123 e. The summed E-state index contributed by atoms with van der Waals surface area (Å²) in [7, 11) is 0. The number of fused-ring (bicyclic) bond motifs is 1. The number of nitrogens with two attached hydrogens (primary N) is 1. The molecule has 0 amide bonds. The van der Waals surface area contributed by atoms with Crippen molar-refractivity contribution in [3.05, 3.63) is 29.8 Å². The van der Waals surface area contributed by atoms with Crippen molar-refractivity contribution in [2.45, 2.75) is 30.3 Å². The molecule has 1 unspecified atom stereocenters. The van der Waals surface area contributed by atoms with Gasteiger partial charge in [-0.05, 0) is 12.5 Å². The van der Waals surface area contributed by atoms with E-state index in [1.165, 1.54) is 0 Å². The molecule has 2 aliphatic rings. The van der Waals surface area contributed by atoms with Gasteiger partial charge in [-0.25, -0.2) is 0 Å². The molecule has 3 N–H and O–H groups in total. The maximum Gasteiger partial charge on any atom is 0.123 e. The molecule has 0 radical (unpaired) electrons. The second kappa shape index (κ2) is 4.78. The van der Waals surface area contributed by atoms with E-state index in [0.29, 0.717) is 39.2 Å². The molecule has 1 fully saturated rings. The zero-order valence-corrected chi connectivity index (χ0v) is 11.1. The van der Waals surface area contributed by atoms with Crippen molar-refractivity contribution in [2.24, 2.45) is 5.73 Å². The third kappa shape index (κ3) is 1.86. The summed E-state index contributed by atoms with van der Waals surface area (Å²) in [6.07, 6.45) is 2.04. The van der Waals surface area contributed by atoms with Crippen LogP contribution < -0.4 is 10.5 Å². The minimum Gasteiger partial charge on any atom is -0.493 e. The summed E-state index contributed by atoms with van der Waals surface area (Å²) in [5.41, 5.74) is 5.96. The monoisotopic (exact) mass is 263 g/mol. The number of hydrogen-bond acceptors (Lipinski definition) is 4. The van der Waals surface area contributed by atoms with Crippen LogP contribution in [0.5, 0.6) is 5.75 Å². The standard InChI is InChI=1S/C15H21NO3/c16-11-14(15(17)6-8-18-9-7-15)5-10-19-13-4-2-1-3-12(13)14/h1-4,17H,5-11,16H2. The van der Waals surface area contributed by atoms with E-state index in [9.17, 15) is 5.11 Å². The molecule has 1 saturated heterocycles. The first kappa shape index (κ1) is 12.9. The third-order valence-electron chi connectivity index (χ3n) is 4.75. The van der Waals surface area contributed by atoms with E-state index in [2.05, 4.69) is 0 Å². The Labute approximate surface area is 113 Å². The number of aliphatic hydroxyl groups is 1. The van der Waals surface area contributed by atoms with Crippen molar-refractivity contribution in [2.75, 3.05) is 26.4 Å². The van der Waals surface area contributed by atoms with Gasteiger partial charge in [0.2, 0.25) is 0 Å². The molecule has 0 spiro atoms. The quantitative estimate of drug-likeness (QED) is 0.841. The van der Waals surface area contributed by atoms with Gasteiger partial charge < -0.3 is 20.3 Å². The molecular weight excluding hydrogens is 242 g/mol. The minimum absolute atomic E-state index is 0.411. The highest BCUT2D eigenvalue weighted by atomic mass is 16.5. The summed E-state index contributed by atoms with van der Waals surface area (Å²) in [4.78, 5) is 0. The van der Waals surface area contributed by atoms with Crippen molar-refractivity contribution in [1.82, 2.24) is 0 Å². The number of ether oxygens (including phenoxy) is 2. The molecule has 4 nitrogen and oxygen atoms in total. The minimum atomic E-state index is -0.792. The molecule has 3 rings (SSSR count). The Morgan fingerprint density at radius 3 is 2.58 bits per heavy atom. The molecule has 1 aromatic carbocycles. The van der Waals surface area contributed by atoms with Crippen LogP contribution in [-0.2, 0) is 10.2 Å². The van der Waals surface area contributed by atoms with E-state index >= 15 is 0 Å². The van der Waals surface area contributed by atoms with Gasteiger partial charge in [0.05, 0.1) is 12.2 Å². The van der Waals surface area contributed by atoms with Crippen LogP contribution in [0.25, 0.3) is 0 Å². The second-order valence-electron chi connectivity index (χ2n) is 5.52. The van der Waals surface area contributed by atoms with E-state index < -0.39 is 11.0 Å². The van der Waals surface area contributed by atoms with Gasteiger partial charge in [-0.2, -0.15) is 0 Å². The van der Waals surface area contributed by atoms with Gasteiger partial charge in [0, 0.05) is 43.6 Å². The summed E-state index contributed by atoms with van der Waals surface area (Å²) < 4.78 is 11.1. The van der Waals surface area contributed by atoms with E-state index in [1.54, 1.807) is 0 Å². The zero-order chi connectivity index (χ0) is 13.3. The Hall–Kier alpha value is -1.10. The Kier molecular flexibility index (Phi) is 3.25. The lowest BCUT2D eigenvalue weighted by atomic mass is 9.61. The molecule has 0 aliphatic carbocycles. The van der Waals surface area contributed by atoms with Crippen molar-refractivity contribution in [3.63, 3.8) is 0 Å². The van der Waals surface area contributed by atoms with E-state index in [0.717, 1.165) is 17.7 Å². The second-order valence-corrected chi connectivity index (χ2v) is 5.52. The number of para-hydroxylation sites is 1. The fourth-order valence-corrected chi connectivity index (χ4v) is 3.53. The number of hydrogen-bond donors (Lipinski definition) is 2. The average molecular weight is 263 g/mol. The Morgan fingerprint density at radius 1 is 1.11 bits per heavy atom. The predicted molar refractivity (Wildman–Crippen MR) is 72.3 cm³/mol. The SMILES string of the molecule is NCC1(C2(O)CCOCC2)CCOc2ccccc21. The molecule has 0 aromatic heterocycles. The zero-order valence-electron chi connectivity index (χ0n) is 11.1. The molecule has 104 valence electrons. The summed E-state index contributed by atoms with van der Waals surface area (Å²) in [5, 5.41) is 11.2. The maximum atomic E-state index is 11.2. The van der Waals surface area contributed by atoms with Crippen molar-refractivity contribution in [1.29, 1.82) is 0 Å². The molecular formula is C15H21NO3. The number of benzene rings is 1. The van der Waals surface area contributed by atoms with Crippen LogP contribution in [0.15, 0.2) is 24.3 Å². The molecule has 19 heavy (non-hydrogen) atoms. The first-order valence-electron chi connectivity index (χ1n) is 6.94. The summed E-state index contributed by atoms with van der Waals surface area (Å²) >= 11 is 0.